The van der Waals surface area contributed by atoms with Gasteiger partial charge >= 0.3 is 0 Å². The Balaban J connectivity index is 2.36. The van der Waals surface area contributed by atoms with Crippen molar-refractivity contribution in [2.45, 2.75) is 19.8 Å². The maximum absolute atomic E-state index is 13.5. The highest BCUT2D eigenvalue weighted by Crippen LogP contribution is 2.19. The molecule has 1 radical (unpaired) electrons. The molecule has 0 atom stereocenters. The Bertz CT molecular complexity index is 391. The summed E-state index contributed by atoms with van der Waals surface area (Å²) in [6.07, 6.45) is 0.987. The third-order valence-corrected chi connectivity index (χ3v) is 2.37. The van der Waals surface area contributed by atoms with E-state index >= 15 is 0 Å². The molecule has 0 aliphatic carbocycles. The second-order valence-electron chi connectivity index (χ2n) is 4.02. The minimum Gasteiger partial charge on any atom is -0.490 e. The molecule has 1 amide bonds. The van der Waals surface area contributed by atoms with Crippen LogP contribution in [0.4, 0.5) is 4.39 Å². The second-order valence-corrected chi connectivity index (χ2v) is 4.02. The lowest BCUT2D eigenvalue weighted by Crippen LogP contribution is -2.21. The van der Waals surface area contributed by atoms with Gasteiger partial charge in [0, 0.05) is 20.5 Å². The fraction of sp³-hybridized carbons (Fsp3) is 0.462. The Morgan fingerprint density at radius 2 is 2.24 bits per heavy atom. The molecule has 0 saturated carbocycles. The van der Waals surface area contributed by atoms with E-state index in [1.54, 1.807) is 27.1 Å². The number of hydrogen-bond donors (Lipinski definition) is 0. The predicted octanol–water partition coefficient (Wildman–Crippen LogP) is 2.18. The van der Waals surface area contributed by atoms with Crippen LogP contribution in [0.5, 0.6) is 5.75 Å². The summed E-state index contributed by atoms with van der Waals surface area (Å²) in [6.45, 7) is 1.97. The first-order valence-electron chi connectivity index (χ1n) is 5.52. The summed E-state index contributed by atoms with van der Waals surface area (Å²) in [7, 11) is 3.42. The molecule has 0 saturated heterocycles. The molecule has 0 spiro atoms. The molecule has 0 aliphatic rings. The number of halogens is 1. The number of carbonyl (C=O) groups excluding carboxylic acids is 1. The average Bonchev–Trinajstić information content (AvgIpc) is 2.29. The first-order valence-corrected chi connectivity index (χ1v) is 5.52. The van der Waals surface area contributed by atoms with Gasteiger partial charge in [0.1, 0.15) is 0 Å². The van der Waals surface area contributed by atoms with E-state index in [1.807, 2.05) is 0 Å². The fourth-order valence-electron chi connectivity index (χ4n) is 1.30. The van der Waals surface area contributed by atoms with Crippen molar-refractivity contribution in [1.29, 1.82) is 0 Å². The Kier molecular flexibility index (Phi) is 4.94. The molecule has 0 fully saturated rings. The zero-order chi connectivity index (χ0) is 12.8. The molecule has 0 bridgehead atoms. The maximum atomic E-state index is 13.5. The van der Waals surface area contributed by atoms with E-state index in [0.29, 0.717) is 25.0 Å². The quantitative estimate of drug-likeness (QED) is 0.736. The summed E-state index contributed by atoms with van der Waals surface area (Å²) in [5.41, 5.74) is 0.437. The molecule has 1 aromatic carbocycles. The van der Waals surface area contributed by atoms with Crippen LogP contribution >= 0.6 is 0 Å². The fourth-order valence-corrected chi connectivity index (χ4v) is 1.30. The van der Waals surface area contributed by atoms with Crippen LogP contribution in [0.2, 0.25) is 0 Å². The van der Waals surface area contributed by atoms with Gasteiger partial charge in [-0.15, -0.1) is 0 Å². The lowest BCUT2D eigenvalue weighted by molar-refractivity contribution is -0.128. The standard InChI is InChI=1S/C13H17FNO2/c1-10-6-4-7-11(13(10)14)17-9-5-8-12(16)15(2)3/h4,7H,5,8-9H2,1-3H3. The number of carbonyl (C=O) groups is 1. The van der Waals surface area contributed by atoms with Crippen LogP contribution in [0.1, 0.15) is 18.4 Å². The van der Waals surface area contributed by atoms with Gasteiger partial charge in [-0.25, -0.2) is 4.39 Å². The minimum absolute atomic E-state index is 0.0478. The third-order valence-electron chi connectivity index (χ3n) is 2.37. The number of amides is 1. The molecule has 93 valence electrons. The van der Waals surface area contributed by atoms with Crippen molar-refractivity contribution in [3.05, 3.63) is 29.6 Å². The van der Waals surface area contributed by atoms with E-state index in [0.717, 1.165) is 0 Å². The van der Waals surface area contributed by atoms with Crippen molar-refractivity contribution in [3.63, 3.8) is 0 Å². The molecule has 0 aliphatic heterocycles. The van der Waals surface area contributed by atoms with Gasteiger partial charge < -0.3 is 9.64 Å². The number of rotatable bonds is 5. The molecule has 0 N–H and O–H groups in total. The summed E-state index contributed by atoms with van der Waals surface area (Å²) in [5, 5.41) is 0. The number of aryl methyl sites for hydroxylation is 1. The summed E-state index contributed by atoms with van der Waals surface area (Å²) in [4.78, 5) is 12.8. The number of benzene rings is 1. The van der Waals surface area contributed by atoms with Crippen molar-refractivity contribution in [3.8, 4) is 5.75 Å². The lowest BCUT2D eigenvalue weighted by Gasteiger charge is -2.11. The zero-order valence-corrected chi connectivity index (χ0v) is 10.4. The number of hydrogen-bond acceptors (Lipinski definition) is 2. The summed E-state index contributed by atoms with van der Waals surface area (Å²) >= 11 is 0. The van der Waals surface area contributed by atoms with Crippen LogP contribution in [0.15, 0.2) is 12.1 Å². The van der Waals surface area contributed by atoms with Gasteiger partial charge in [0.05, 0.1) is 6.61 Å². The molecule has 3 nitrogen and oxygen atoms in total. The molecule has 1 rings (SSSR count). The summed E-state index contributed by atoms with van der Waals surface area (Å²) in [5.74, 6) is -0.114. The highest BCUT2D eigenvalue weighted by atomic mass is 19.1. The zero-order valence-electron chi connectivity index (χ0n) is 10.4. The van der Waals surface area contributed by atoms with E-state index in [1.165, 1.54) is 11.0 Å². The SMILES string of the molecule is Cc1[c]ccc(OCCCC(=O)N(C)C)c1F. The van der Waals surface area contributed by atoms with Crippen LogP contribution in [0, 0.1) is 18.8 Å². The Hall–Kier alpha value is -1.58. The van der Waals surface area contributed by atoms with Gasteiger partial charge in [0.15, 0.2) is 11.6 Å². The van der Waals surface area contributed by atoms with Crippen molar-refractivity contribution in [2.75, 3.05) is 20.7 Å². The van der Waals surface area contributed by atoms with Crippen LogP contribution in [-0.2, 0) is 4.79 Å². The average molecular weight is 238 g/mol. The van der Waals surface area contributed by atoms with E-state index < -0.39 is 0 Å². The highest BCUT2D eigenvalue weighted by Gasteiger charge is 2.07. The van der Waals surface area contributed by atoms with Gasteiger partial charge in [-0.3, -0.25) is 4.79 Å². The second kappa shape index (κ2) is 6.23. The molecule has 0 aromatic heterocycles. The lowest BCUT2D eigenvalue weighted by atomic mass is 10.2. The van der Waals surface area contributed by atoms with E-state index in [9.17, 15) is 9.18 Å². The van der Waals surface area contributed by atoms with Gasteiger partial charge in [0.2, 0.25) is 5.91 Å². The molecule has 17 heavy (non-hydrogen) atoms. The van der Waals surface area contributed by atoms with Gasteiger partial charge in [-0.2, -0.15) is 0 Å². The molecule has 1 aromatic rings. The van der Waals surface area contributed by atoms with Gasteiger partial charge in [-0.1, -0.05) is 6.07 Å². The topological polar surface area (TPSA) is 29.5 Å². The Labute approximate surface area is 101 Å². The van der Waals surface area contributed by atoms with E-state index in [4.69, 9.17) is 4.74 Å². The monoisotopic (exact) mass is 238 g/mol. The van der Waals surface area contributed by atoms with Crippen LogP contribution < -0.4 is 4.74 Å². The van der Waals surface area contributed by atoms with Gasteiger partial charge in [0.25, 0.3) is 0 Å². The van der Waals surface area contributed by atoms with Crippen molar-refractivity contribution < 1.29 is 13.9 Å². The summed E-state index contributed by atoms with van der Waals surface area (Å²) in [6, 6.07) is 5.91. The largest absolute Gasteiger partial charge is 0.490 e. The van der Waals surface area contributed by atoms with Crippen LogP contribution in [-0.4, -0.2) is 31.5 Å². The van der Waals surface area contributed by atoms with Crippen LogP contribution in [0.3, 0.4) is 0 Å². The molecule has 4 heteroatoms. The molecule has 0 unspecified atom stereocenters. The van der Waals surface area contributed by atoms with E-state index in [-0.39, 0.29) is 17.5 Å². The number of nitrogens with zero attached hydrogens (tertiary/aromatic N) is 1. The third kappa shape index (κ3) is 4.06. The van der Waals surface area contributed by atoms with Crippen molar-refractivity contribution in [2.24, 2.45) is 0 Å². The first-order chi connectivity index (χ1) is 8.02. The van der Waals surface area contributed by atoms with Gasteiger partial charge in [-0.05, 0) is 31.0 Å². The molecular weight excluding hydrogens is 221 g/mol. The Morgan fingerprint density at radius 3 is 2.88 bits per heavy atom. The number of ether oxygens (including phenoxy) is 1. The normalized spacial score (nSPS) is 10.1. The minimum atomic E-state index is -0.383. The Morgan fingerprint density at radius 1 is 1.53 bits per heavy atom. The molecule has 0 heterocycles. The smallest absolute Gasteiger partial charge is 0.222 e. The van der Waals surface area contributed by atoms with Crippen molar-refractivity contribution >= 4 is 5.91 Å². The van der Waals surface area contributed by atoms with E-state index in [2.05, 4.69) is 6.07 Å². The molecular formula is C13H17FNO2. The first kappa shape index (κ1) is 13.5. The predicted molar refractivity (Wildman–Crippen MR) is 63.4 cm³/mol. The van der Waals surface area contributed by atoms with Crippen LogP contribution in [0.25, 0.3) is 0 Å². The van der Waals surface area contributed by atoms with Crippen molar-refractivity contribution in [1.82, 2.24) is 4.90 Å². The highest BCUT2D eigenvalue weighted by molar-refractivity contribution is 5.75. The summed E-state index contributed by atoms with van der Waals surface area (Å²) < 4.78 is 18.8. The maximum Gasteiger partial charge on any atom is 0.222 e.